The number of benzene rings is 2. The normalized spacial score (nSPS) is 12.1. The van der Waals surface area contributed by atoms with E-state index in [-0.39, 0.29) is 17.9 Å². The molecule has 1 heterocycles. The van der Waals surface area contributed by atoms with E-state index in [0.29, 0.717) is 11.4 Å². The van der Waals surface area contributed by atoms with Crippen LogP contribution in [-0.4, -0.2) is 26.2 Å². The van der Waals surface area contributed by atoms with E-state index in [9.17, 15) is 18.0 Å². The Morgan fingerprint density at radius 3 is 2.54 bits per heavy atom. The lowest BCUT2D eigenvalue weighted by Crippen LogP contribution is -2.15. The van der Waals surface area contributed by atoms with Gasteiger partial charge in [0.15, 0.2) is 11.5 Å². The third kappa shape index (κ3) is 4.61. The van der Waals surface area contributed by atoms with Gasteiger partial charge in [-0.05, 0) is 46.7 Å². The van der Waals surface area contributed by atoms with E-state index in [1.54, 1.807) is 31.2 Å². The van der Waals surface area contributed by atoms with Crippen LogP contribution in [0.3, 0.4) is 0 Å². The number of ether oxygens (including phenoxy) is 1. The van der Waals surface area contributed by atoms with E-state index < -0.39 is 17.7 Å². The van der Waals surface area contributed by atoms with Crippen molar-refractivity contribution in [1.29, 1.82) is 0 Å². The molecule has 6 nitrogen and oxygen atoms in total. The quantitative estimate of drug-likeness (QED) is 0.492. The molecule has 0 saturated heterocycles. The fourth-order valence-electron chi connectivity index (χ4n) is 2.43. The summed E-state index contributed by atoms with van der Waals surface area (Å²) in [6.45, 7) is 1.29. The zero-order valence-electron chi connectivity index (χ0n) is 14.7. The van der Waals surface area contributed by atoms with Crippen molar-refractivity contribution in [2.75, 3.05) is 0 Å². The van der Waals surface area contributed by atoms with E-state index >= 15 is 0 Å². The van der Waals surface area contributed by atoms with Crippen molar-refractivity contribution in [3.8, 4) is 0 Å². The van der Waals surface area contributed by atoms with Crippen LogP contribution in [0.25, 0.3) is 11.8 Å². The van der Waals surface area contributed by atoms with Crippen LogP contribution in [0.5, 0.6) is 0 Å². The number of carbonyl (C=O) groups excluding carboxylic acids is 1. The molecule has 0 saturated carbocycles. The van der Waals surface area contributed by atoms with Crippen LogP contribution in [0, 0.1) is 6.92 Å². The Hall–Kier alpha value is -3.49. The molecule has 0 bridgehead atoms. The second-order valence-electron chi connectivity index (χ2n) is 5.85. The van der Waals surface area contributed by atoms with Crippen molar-refractivity contribution in [3.63, 3.8) is 0 Å². The van der Waals surface area contributed by atoms with Crippen LogP contribution in [0.15, 0.2) is 54.6 Å². The largest absolute Gasteiger partial charge is 0.456 e. The molecule has 1 aromatic heterocycles. The highest BCUT2D eigenvalue weighted by Crippen LogP contribution is 2.29. The Bertz CT molecular complexity index is 998. The Kier molecular flexibility index (Phi) is 5.53. The molecule has 0 aliphatic rings. The maximum absolute atomic E-state index is 12.8. The van der Waals surface area contributed by atoms with Gasteiger partial charge in [0.05, 0.1) is 5.56 Å². The molecule has 28 heavy (non-hydrogen) atoms. The van der Waals surface area contributed by atoms with Crippen LogP contribution in [0.2, 0.25) is 0 Å². The van der Waals surface area contributed by atoms with Crippen molar-refractivity contribution in [3.05, 3.63) is 77.1 Å². The van der Waals surface area contributed by atoms with Gasteiger partial charge < -0.3 is 4.74 Å². The minimum atomic E-state index is -4.47. The molecule has 3 rings (SSSR count). The molecular weight excluding hydrogens is 373 g/mol. The van der Waals surface area contributed by atoms with Crippen LogP contribution < -0.4 is 0 Å². The van der Waals surface area contributed by atoms with Crippen molar-refractivity contribution >= 4 is 17.7 Å². The Balaban J connectivity index is 1.83. The number of alkyl halides is 3. The lowest BCUT2D eigenvalue weighted by molar-refractivity contribution is -0.138. The maximum Gasteiger partial charge on any atom is 0.416 e. The summed E-state index contributed by atoms with van der Waals surface area (Å²) in [5, 5.41) is 11.0. The average molecular weight is 388 g/mol. The van der Waals surface area contributed by atoms with Crippen molar-refractivity contribution in [2.24, 2.45) is 0 Å². The zero-order chi connectivity index (χ0) is 20.1. The smallest absolute Gasteiger partial charge is 0.416 e. The minimum Gasteiger partial charge on any atom is -0.456 e. The third-order valence-electron chi connectivity index (χ3n) is 3.79. The van der Waals surface area contributed by atoms with E-state index in [2.05, 4.69) is 15.5 Å². The summed E-state index contributed by atoms with van der Waals surface area (Å²) in [7, 11) is 0. The number of esters is 1. The SMILES string of the molecule is Cc1nnnn1/C(=C\c1ccccc1)C(=O)OCc1cccc(C(F)(F)F)c1. The number of tetrazole rings is 1. The highest BCUT2D eigenvalue weighted by Gasteiger charge is 2.30. The van der Waals surface area contributed by atoms with E-state index in [0.717, 1.165) is 12.1 Å². The van der Waals surface area contributed by atoms with Crippen molar-refractivity contribution in [2.45, 2.75) is 19.7 Å². The van der Waals surface area contributed by atoms with Gasteiger partial charge >= 0.3 is 12.1 Å². The summed E-state index contributed by atoms with van der Waals surface area (Å²) < 4.78 is 44.9. The van der Waals surface area contributed by atoms with Crippen LogP contribution >= 0.6 is 0 Å². The fourth-order valence-corrected chi connectivity index (χ4v) is 2.43. The molecule has 0 radical (unpaired) electrons. The summed E-state index contributed by atoms with van der Waals surface area (Å²) in [4.78, 5) is 12.6. The van der Waals surface area contributed by atoms with Crippen LogP contribution in [0.4, 0.5) is 13.2 Å². The van der Waals surface area contributed by atoms with Gasteiger partial charge in [-0.25, -0.2) is 4.79 Å². The first-order valence-corrected chi connectivity index (χ1v) is 8.20. The number of aryl methyl sites for hydroxylation is 1. The van der Waals surface area contributed by atoms with Gasteiger partial charge in [-0.15, -0.1) is 5.10 Å². The molecule has 0 aliphatic carbocycles. The predicted octanol–water partition coefficient (Wildman–Crippen LogP) is 3.74. The fraction of sp³-hybridized carbons (Fsp3) is 0.158. The zero-order valence-corrected chi connectivity index (χ0v) is 14.7. The first-order chi connectivity index (χ1) is 13.3. The van der Waals surface area contributed by atoms with Gasteiger partial charge in [-0.3, -0.25) is 0 Å². The Morgan fingerprint density at radius 2 is 1.89 bits per heavy atom. The topological polar surface area (TPSA) is 69.9 Å². The maximum atomic E-state index is 12.8. The van der Waals surface area contributed by atoms with Crippen molar-refractivity contribution < 1.29 is 22.7 Å². The second kappa shape index (κ2) is 8.03. The Labute approximate surface area is 158 Å². The number of nitrogens with zero attached hydrogens (tertiary/aromatic N) is 4. The van der Waals surface area contributed by atoms with E-state index in [4.69, 9.17) is 4.74 Å². The number of hydrogen-bond donors (Lipinski definition) is 0. The molecule has 0 spiro atoms. The number of aromatic nitrogens is 4. The molecule has 0 amide bonds. The van der Waals surface area contributed by atoms with E-state index in [1.165, 1.54) is 22.9 Å². The van der Waals surface area contributed by atoms with Gasteiger partial charge in [0.2, 0.25) is 0 Å². The van der Waals surface area contributed by atoms with Crippen LogP contribution in [-0.2, 0) is 22.3 Å². The molecule has 3 aromatic rings. The highest BCUT2D eigenvalue weighted by molar-refractivity contribution is 6.15. The number of carbonyl (C=O) groups is 1. The van der Waals surface area contributed by atoms with Gasteiger partial charge in [-0.1, -0.05) is 42.5 Å². The lowest BCUT2D eigenvalue weighted by Gasteiger charge is -2.11. The van der Waals surface area contributed by atoms with Gasteiger partial charge in [-0.2, -0.15) is 17.9 Å². The molecule has 0 N–H and O–H groups in total. The molecule has 144 valence electrons. The average Bonchev–Trinajstić information content (AvgIpc) is 3.10. The summed E-state index contributed by atoms with van der Waals surface area (Å²) in [5.41, 5.74) is 0.164. The molecule has 0 unspecified atom stereocenters. The van der Waals surface area contributed by atoms with E-state index in [1.807, 2.05) is 6.07 Å². The van der Waals surface area contributed by atoms with Crippen LogP contribution in [0.1, 0.15) is 22.5 Å². The molecule has 2 aromatic carbocycles. The summed E-state index contributed by atoms with van der Waals surface area (Å²) in [5.74, 6) is -0.408. The molecule has 0 atom stereocenters. The van der Waals surface area contributed by atoms with Gasteiger partial charge in [0.25, 0.3) is 0 Å². The minimum absolute atomic E-state index is 0.0423. The first-order valence-electron chi connectivity index (χ1n) is 8.20. The summed E-state index contributed by atoms with van der Waals surface area (Å²) >= 11 is 0. The molecule has 0 fully saturated rings. The number of hydrogen-bond acceptors (Lipinski definition) is 5. The number of halogens is 3. The highest BCUT2D eigenvalue weighted by atomic mass is 19.4. The summed E-state index contributed by atoms with van der Waals surface area (Å²) in [6.07, 6.45) is -2.93. The predicted molar refractivity (Wildman–Crippen MR) is 94.4 cm³/mol. The van der Waals surface area contributed by atoms with Crippen molar-refractivity contribution in [1.82, 2.24) is 20.2 Å². The molecular formula is C19H15F3N4O2. The molecule has 9 heteroatoms. The Morgan fingerprint density at radius 1 is 1.14 bits per heavy atom. The monoisotopic (exact) mass is 388 g/mol. The third-order valence-corrected chi connectivity index (χ3v) is 3.79. The molecule has 0 aliphatic heterocycles. The summed E-state index contributed by atoms with van der Waals surface area (Å²) in [6, 6.07) is 13.6. The van der Waals surface area contributed by atoms with Gasteiger partial charge in [0.1, 0.15) is 6.61 Å². The standard InChI is InChI=1S/C19H15F3N4O2/c1-13-23-24-25-26(13)17(11-14-6-3-2-4-7-14)18(27)28-12-15-8-5-9-16(10-15)19(20,21)22/h2-11H,12H2,1H3/b17-11-. The first kappa shape index (κ1) is 19.3. The second-order valence-corrected chi connectivity index (χ2v) is 5.85. The number of rotatable bonds is 5. The lowest BCUT2D eigenvalue weighted by atomic mass is 10.1. The van der Waals surface area contributed by atoms with Gasteiger partial charge in [0, 0.05) is 0 Å².